The molecule has 2 aromatic rings. The van der Waals surface area contributed by atoms with Crippen molar-refractivity contribution in [3.63, 3.8) is 0 Å². The molecule has 1 heterocycles. The molecule has 2 rings (SSSR count). The maximum absolute atomic E-state index is 11.2. The van der Waals surface area contributed by atoms with Gasteiger partial charge in [-0.25, -0.2) is 9.78 Å². The van der Waals surface area contributed by atoms with E-state index in [-0.39, 0.29) is 5.97 Å². The highest BCUT2D eigenvalue weighted by molar-refractivity contribution is 6.31. The van der Waals surface area contributed by atoms with Crippen molar-refractivity contribution >= 4 is 34.6 Å². The fraction of sp³-hybridized carbons (Fsp3) is 0.273. The van der Waals surface area contributed by atoms with Crippen LogP contribution in [-0.2, 0) is 9.53 Å². The summed E-state index contributed by atoms with van der Waals surface area (Å²) in [5.74, 6) is 0.170. The van der Waals surface area contributed by atoms with Gasteiger partial charge < -0.3 is 15.0 Å². The molecule has 0 aliphatic rings. The molecule has 90 valence electrons. The van der Waals surface area contributed by atoms with Crippen molar-refractivity contribution in [1.29, 1.82) is 0 Å². The van der Waals surface area contributed by atoms with E-state index in [1.165, 1.54) is 7.11 Å². The molecule has 1 atom stereocenters. The van der Waals surface area contributed by atoms with E-state index in [1.54, 1.807) is 19.1 Å². The Morgan fingerprint density at radius 2 is 2.35 bits per heavy atom. The molecule has 17 heavy (non-hydrogen) atoms. The Balaban J connectivity index is 2.22. The number of aromatic nitrogens is 2. The summed E-state index contributed by atoms with van der Waals surface area (Å²) < 4.78 is 4.61. The quantitative estimate of drug-likeness (QED) is 0.823. The molecule has 0 aliphatic heterocycles. The molecule has 0 bridgehead atoms. The fourth-order valence-electron chi connectivity index (χ4n) is 1.49. The van der Waals surface area contributed by atoms with Gasteiger partial charge in [0.1, 0.15) is 6.04 Å². The van der Waals surface area contributed by atoms with Crippen LogP contribution in [0, 0.1) is 0 Å². The smallest absolute Gasteiger partial charge is 0.328 e. The van der Waals surface area contributed by atoms with Gasteiger partial charge in [-0.15, -0.1) is 0 Å². The van der Waals surface area contributed by atoms with Gasteiger partial charge >= 0.3 is 5.97 Å². The normalized spacial score (nSPS) is 12.4. The van der Waals surface area contributed by atoms with Crippen molar-refractivity contribution in [3.8, 4) is 0 Å². The summed E-state index contributed by atoms with van der Waals surface area (Å²) in [6.07, 6.45) is 0. The van der Waals surface area contributed by atoms with Gasteiger partial charge in [0.05, 0.1) is 18.1 Å². The third-order valence-corrected chi connectivity index (χ3v) is 2.59. The molecule has 1 aromatic carbocycles. The van der Waals surface area contributed by atoms with Gasteiger partial charge in [0.2, 0.25) is 5.95 Å². The molecular weight excluding hydrogens is 242 g/mol. The number of methoxy groups -OCH3 is 1. The summed E-state index contributed by atoms with van der Waals surface area (Å²) in [7, 11) is 1.35. The number of esters is 1. The third-order valence-electron chi connectivity index (χ3n) is 2.35. The van der Waals surface area contributed by atoms with Crippen molar-refractivity contribution in [3.05, 3.63) is 23.2 Å². The number of rotatable bonds is 3. The lowest BCUT2D eigenvalue weighted by Gasteiger charge is -2.09. The fourth-order valence-corrected chi connectivity index (χ4v) is 1.66. The number of fused-ring (bicyclic) bond motifs is 1. The number of anilines is 1. The van der Waals surface area contributed by atoms with E-state index in [2.05, 4.69) is 20.0 Å². The first-order valence-electron chi connectivity index (χ1n) is 5.10. The number of hydrogen-bond acceptors (Lipinski definition) is 4. The van der Waals surface area contributed by atoms with Crippen molar-refractivity contribution in [2.24, 2.45) is 0 Å². The minimum absolute atomic E-state index is 0.344. The molecule has 5 nitrogen and oxygen atoms in total. The number of benzene rings is 1. The summed E-state index contributed by atoms with van der Waals surface area (Å²) in [4.78, 5) is 18.5. The number of hydrogen-bond donors (Lipinski definition) is 2. The number of nitrogens with zero attached hydrogens (tertiary/aromatic N) is 1. The Morgan fingerprint density at radius 1 is 1.59 bits per heavy atom. The Hall–Kier alpha value is -1.75. The van der Waals surface area contributed by atoms with E-state index >= 15 is 0 Å². The van der Waals surface area contributed by atoms with Gasteiger partial charge in [-0.2, -0.15) is 0 Å². The Kier molecular flexibility index (Phi) is 3.19. The van der Waals surface area contributed by atoms with Gasteiger partial charge in [0, 0.05) is 5.02 Å². The van der Waals surface area contributed by atoms with Crippen molar-refractivity contribution in [1.82, 2.24) is 9.97 Å². The van der Waals surface area contributed by atoms with E-state index in [0.717, 1.165) is 11.0 Å². The molecular formula is C11H12ClN3O2. The van der Waals surface area contributed by atoms with Crippen LogP contribution in [0.15, 0.2) is 18.2 Å². The molecule has 0 spiro atoms. The van der Waals surface area contributed by atoms with Crippen LogP contribution in [0.2, 0.25) is 5.02 Å². The highest BCUT2D eigenvalue weighted by Gasteiger charge is 2.14. The molecule has 2 N–H and O–H groups in total. The first-order chi connectivity index (χ1) is 8.10. The summed E-state index contributed by atoms with van der Waals surface area (Å²) in [6, 6.07) is 4.88. The van der Waals surface area contributed by atoms with Crippen LogP contribution in [0.1, 0.15) is 6.92 Å². The second-order valence-corrected chi connectivity index (χ2v) is 4.07. The highest BCUT2D eigenvalue weighted by Crippen LogP contribution is 2.19. The van der Waals surface area contributed by atoms with Crippen molar-refractivity contribution < 1.29 is 9.53 Å². The van der Waals surface area contributed by atoms with Gasteiger partial charge in [0.15, 0.2) is 0 Å². The van der Waals surface area contributed by atoms with Crippen LogP contribution < -0.4 is 5.32 Å². The van der Waals surface area contributed by atoms with Crippen LogP contribution in [0.5, 0.6) is 0 Å². The maximum Gasteiger partial charge on any atom is 0.328 e. The van der Waals surface area contributed by atoms with Crippen molar-refractivity contribution in [2.75, 3.05) is 12.4 Å². The number of imidazole rings is 1. The van der Waals surface area contributed by atoms with Crippen LogP contribution in [0.3, 0.4) is 0 Å². The molecule has 0 amide bonds. The lowest BCUT2D eigenvalue weighted by atomic mass is 10.3. The first kappa shape index (κ1) is 11.7. The monoisotopic (exact) mass is 253 g/mol. The number of nitrogens with one attached hydrogen (secondary N) is 2. The van der Waals surface area contributed by atoms with E-state index in [9.17, 15) is 4.79 Å². The molecule has 0 radical (unpaired) electrons. The predicted octanol–water partition coefficient (Wildman–Crippen LogP) is 2.19. The highest BCUT2D eigenvalue weighted by atomic mass is 35.5. The second kappa shape index (κ2) is 4.63. The number of aromatic amines is 1. The van der Waals surface area contributed by atoms with Crippen LogP contribution in [0.4, 0.5) is 5.95 Å². The summed E-state index contributed by atoms with van der Waals surface area (Å²) >= 11 is 5.86. The predicted molar refractivity (Wildman–Crippen MR) is 66.2 cm³/mol. The van der Waals surface area contributed by atoms with Crippen LogP contribution in [0.25, 0.3) is 11.0 Å². The number of carbonyl (C=O) groups excluding carboxylic acids is 1. The second-order valence-electron chi connectivity index (χ2n) is 3.64. The van der Waals surface area contributed by atoms with Gasteiger partial charge in [0.25, 0.3) is 0 Å². The molecule has 0 fully saturated rings. The SMILES string of the molecule is COC(=O)C(C)Nc1nc2ccc(Cl)cc2[nH]1. The zero-order chi connectivity index (χ0) is 12.4. The van der Waals surface area contributed by atoms with E-state index in [4.69, 9.17) is 11.6 Å². The molecule has 1 aromatic heterocycles. The first-order valence-corrected chi connectivity index (χ1v) is 5.47. The average molecular weight is 254 g/mol. The zero-order valence-electron chi connectivity index (χ0n) is 9.45. The largest absolute Gasteiger partial charge is 0.467 e. The van der Waals surface area contributed by atoms with Gasteiger partial charge in [-0.1, -0.05) is 11.6 Å². The molecule has 6 heteroatoms. The molecule has 0 aliphatic carbocycles. The number of carbonyl (C=O) groups is 1. The molecule has 0 saturated carbocycles. The number of halogens is 1. The third kappa shape index (κ3) is 2.50. The summed E-state index contributed by atoms with van der Waals surface area (Å²) in [5.41, 5.74) is 1.60. The van der Waals surface area contributed by atoms with E-state index in [1.807, 2.05) is 6.07 Å². The summed E-state index contributed by atoms with van der Waals surface area (Å²) in [5, 5.41) is 3.55. The Morgan fingerprint density at radius 3 is 3.06 bits per heavy atom. The molecule has 1 unspecified atom stereocenters. The maximum atomic E-state index is 11.2. The molecule has 0 saturated heterocycles. The van der Waals surface area contributed by atoms with Crippen LogP contribution >= 0.6 is 11.6 Å². The lowest BCUT2D eigenvalue weighted by Crippen LogP contribution is -2.27. The van der Waals surface area contributed by atoms with Crippen LogP contribution in [-0.4, -0.2) is 29.1 Å². The number of ether oxygens (including phenoxy) is 1. The standard InChI is InChI=1S/C11H12ClN3O2/c1-6(10(16)17-2)13-11-14-8-4-3-7(12)5-9(8)15-11/h3-6H,1-2H3,(H2,13,14,15). The minimum atomic E-state index is -0.462. The minimum Gasteiger partial charge on any atom is -0.467 e. The topological polar surface area (TPSA) is 67.0 Å². The van der Waals surface area contributed by atoms with E-state index in [0.29, 0.717) is 11.0 Å². The number of H-pyrrole nitrogens is 1. The van der Waals surface area contributed by atoms with E-state index < -0.39 is 6.04 Å². The Bertz CT molecular complexity index is 553. The van der Waals surface area contributed by atoms with Gasteiger partial charge in [-0.3, -0.25) is 0 Å². The average Bonchev–Trinajstić information content (AvgIpc) is 2.69. The lowest BCUT2D eigenvalue weighted by molar-refractivity contribution is -0.141. The zero-order valence-corrected chi connectivity index (χ0v) is 10.2. The van der Waals surface area contributed by atoms with Crippen molar-refractivity contribution in [2.45, 2.75) is 13.0 Å². The summed E-state index contributed by atoms with van der Waals surface area (Å²) in [6.45, 7) is 1.70. The Labute approximate surface area is 103 Å². The van der Waals surface area contributed by atoms with Gasteiger partial charge in [-0.05, 0) is 25.1 Å².